The van der Waals surface area contributed by atoms with E-state index in [1.165, 1.54) is 12.8 Å². The molecule has 0 spiro atoms. The topological polar surface area (TPSA) is 34.9 Å². The summed E-state index contributed by atoms with van der Waals surface area (Å²) >= 11 is 0. The quantitative estimate of drug-likeness (QED) is 0.691. The second-order valence-corrected chi connectivity index (χ2v) is 3.91. The molecule has 0 aliphatic heterocycles. The third-order valence-corrected chi connectivity index (χ3v) is 2.33. The van der Waals surface area contributed by atoms with Gasteiger partial charge in [0.2, 0.25) is 0 Å². The predicted molar refractivity (Wildman–Crippen MR) is 50.9 cm³/mol. The predicted octanol–water partition coefficient (Wildman–Crippen LogP) is 1.70. The van der Waals surface area contributed by atoms with Gasteiger partial charge in [0.1, 0.15) is 0 Å². The van der Waals surface area contributed by atoms with E-state index in [1.807, 2.05) is 19.9 Å². The summed E-state index contributed by atoms with van der Waals surface area (Å²) in [6.07, 6.45) is 2.45. The summed E-state index contributed by atoms with van der Waals surface area (Å²) in [6, 6.07) is 3.64. The Morgan fingerprint density at radius 2 is 2.15 bits per heavy atom. The van der Waals surface area contributed by atoms with Gasteiger partial charge in [0.25, 0.3) is 5.56 Å². The van der Waals surface area contributed by atoms with Crippen molar-refractivity contribution in [3.05, 3.63) is 28.2 Å². The molecule has 3 nitrogen and oxygen atoms in total. The molecule has 0 aromatic carbocycles. The summed E-state index contributed by atoms with van der Waals surface area (Å²) in [4.78, 5) is 11.4. The van der Waals surface area contributed by atoms with E-state index in [-0.39, 0.29) is 11.6 Å². The molecule has 0 amide bonds. The van der Waals surface area contributed by atoms with E-state index in [0.717, 1.165) is 5.69 Å². The molecule has 0 saturated heterocycles. The van der Waals surface area contributed by atoms with Crippen LogP contribution in [0, 0.1) is 0 Å². The molecule has 0 radical (unpaired) electrons. The second kappa shape index (κ2) is 2.98. The van der Waals surface area contributed by atoms with Gasteiger partial charge < -0.3 is 0 Å². The minimum atomic E-state index is -0.000556. The van der Waals surface area contributed by atoms with Crippen LogP contribution in [0.3, 0.4) is 0 Å². The molecule has 0 bridgehead atoms. The third kappa shape index (κ3) is 1.64. The van der Waals surface area contributed by atoms with Crippen molar-refractivity contribution in [2.75, 3.05) is 0 Å². The van der Waals surface area contributed by atoms with Crippen molar-refractivity contribution in [3.63, 3.8) is 0 Å². The maximum atomic E-state index is 11.4. The molecule has 1 aromatic heterocycles. The zero-order chi connectivity index (χ0) is 9.42. The summed E-state index contributed by atoms with van der Waals surface area (Å²) in [5.74, 6) is 0.616. The Kier molecular flexibility index (Phi) is 1.94. The zero-order valence-electron chi connectivity index (χ0n) is 8.03. The van der Waals surface area contributed by atoms with E-state index < -0.39 is 0 Å². The number of hydrogen-bond donors (Lipinski definition) is 0. The van der Waals surface area contributed by atoms with E-state index in [2.05, 4.69) is 5.10 Å². The SMILES string of the molecule is CC(C)n1nc(C2CC2)ccc1=O. The van der Waals surface area contributed by atoms with Crippen LogP contribution in [-0.4, -0.2) is 9.78 Å². The Bertz CT molecular complexity index is 363. The highest BCUT2D eigenvalue weighted by Crippen LogP contribution is 2.38. The van der Waals surface area contributed by atoms with Gasteiger partial charge in [0, 0.05) is 12.0 Å². The molecule has 0 unspecified atom stereocenters. The van der Waals surface area contributed by atoms with Crippen LogP contribution >= 0.6 is 0 Å². The first-order valence-corrected chi connectivity index (χ1v) is 4.78. The van der Waals surface area contributed by atoms with Crippen LogP contribution in [0.4, 0.5) is 0 Å². The van der Waals surface area contributed by atoms with Crippen molar-refractivity contribution >= 4 is 0 Å². The lowest BCUT2D eigenvalue weighted by Gasteiger charge is -2.08. The van der Waals surface area contributed by atoms with E-state index in [0.29, 0.717) is 5.92 Å². The van der Waals surface area contributed by atoms with E-state index in [9.17, 15) is 4.79 Å². The lowest BCUT2D eigenvalue weighted by atomic mass is 10.3. The molecule has 1 heterocycles. The molecule has 2 rings (SSSR count). The highest BCUT2D eigenvalue weighted by molar-refractivity contribution is 5.12. The highest BCUT2D eigenvalue weighted by Gasteiger charge is 2.25. The van der Waals surface area contributed by atoms with Gasteiger partial charge in [-0.1, -0.05) is 0 Å². The van der Waals surface area contributed by atoms with Crippen molar-refractivity contribution in [2.45, 2.75) is 38.6 Å². The molecule has 70 valence electrons. The first-order chi connectivity index (χ1) is 6.18. The summed E-state index contributed by atoms with van der Waals surface area (Å²) in [5.41, 5.74) is 1.08. The molecule has 1 aromatic rings. The Labute approximate surface area is 77.4 Å². The van der Waals surface area contributed by atoms with Crippen molar-refractivity contribution in [2.24, 2.45) is 0 Å². The van der Waals surface area contributed by atoms with E-state index in [1.54, 1.807) is 10.7 Å². The molecule has 3 heteroatoms. The molecule has 0 atom stereocenters. The Morgan fingerprint density at radius 3 is 2.69 bits per heavy atom. The smallest absolute Gasteiger partial charge is 0.266 e. The Hall–Kier alpha value is -1.12. The van der Waals surface area contributed by atoms with Crippen molar-refractivity contribution in [1.29, 1.82) is 0 Å². The van der Waals surface area contributed by atoms with Gasteiger partial charge in [-0.05, 0) is 32.8 Å². The maximum Gasteiger partial charge on any atom is 0.266 e. The molecular weight excluding hydrogens is 164 g/mol. The lowest BCUT2D eigenvalue weighted by molar-refractivity contribution is 0.493. The van der Waals surface area contributed by atoms with Crippen molar-refractivity contribution in [1.82, 2.24) is 9.78 Å². The van der Waals surface area contributed by atoms with Gasteiger partial charge in [-0.3, -0.25) is 4.79 Å². The number of rotatable bonds is 2. The lowest BCUT2D eigenvalue weighted by Crippen LogP contribution is -2.24. The summed E-state index contributed by atoms with van der Waals surface area (Å²) in [5, 5.41) is 4.34. The first kappa shape index (κ1) is 8.48. The highest BCUT2D eigenvalue weighted by atomic mass is 16.1. The standard InChI is InChI=1S/C10H14N2O/c1-7(2)12-10(13)6-5-9(11-12)8-3-4-8/h5-8H,3-4H2,1-2H3. The van der Waals surface area contributed by atoms with Gasteiger partial charge in [0.05, 0.1) is 11.7 Å². The normalized spacial score (nSPS) is 16.5. The zero-order valence-corrected chi connectivity index (χ0v) is 8.03. The van der Waals surface area contributed by atoms with Crippen LogP contribution in [0.2, 0.25) is 0 Å². The summed E-state index contributed by atoms with van der Waals surface area (Å²) in [7, 11) is 0. The number of nitrogens with zero attached hydrogens (tertiary/aromatic N) is 2. The van der Waals surface area contributed by atoms with Crippen LogP contribution in [0.15, 0.2) is 16.9 Å². The van der Waals surface area contributed by atoms with Gasteiger partial charge in [-0.25, -0.2) is 4.68 Å². The second-order valence-electron chi connectivity index (χ2n) is 3.91. The minimum Gasteiger partial charge on any atom is -0.268 e. The monoisotopic (exact) mass is 178 g/mol. The van der Waals surface area contributed by atoms with E-state index >= 15 is 0 Å². The average molecular weight is 178 g/mol. The fraction of sp³-hybridized carbons (Fsp3) is 0.600. The van der Waals surface area contributed by atoms with Gasteiger partial charge >= 0.3 is 0 Å². The number of hydrogen-bond acceptors (Lipinski definition) is 2. The molecule has 1 fully saturated rings. The average Bonchev–Trinajstić information content (AvgIpc) is 2.87. The van der Waals surface area contributed by atoms with Crippen LogP contribution in [-0.2, 0) is 0 Å². The van der Waals surface area contributed by atoms with Crippen LogP contribution in [0.5, 0.6) is 0 Å². The Morgan fingerprint density at radius 1 is 1.46 bits per heavy atom. The maximum absolute atomic E-state index is 11.4. The van der Waals surface area contributed by atoms with Gasteiger partial charge in [0.15, 0.2) is 0 Å². The largest absolute Gasteiger partial charge is 0.268 e. The molecular formula is C10H14N2O. The molecule has 0 N–H and O–H groups in total. The van der Waals surface area contributed by atoms with Gasteiger partial charge in [-0.2, -0.15) is 5.10 Å². The van der Waals surface area contributed by atoms with Crippen LogP contribution < -0.4 is 5.56 Å². The van der Waals surface area contributed by atoms with Crippen molar-refractivity contribution in [3.8, 4) is 0 Å². The molecule has 13 heavy (non-hydrogen) atoms. The fourth-order valence-corrected chi connectivity index (χ4v) is 1.41. The first-order valence-electron chi connectivity index (χ1n) is 4.78. The van der Waals surface area contributed by atoms with Crippen molar-refractivity contribution < 1.29 is 0 Å². The van der Waals surface area contributed by atoms with Crippen LogP contribution in [0.1, 0.15) is 44.3 Å². The third-order valence-electron chi connectivity index (χ3n) is 2.33. The minimum absolute atomic E-state index is 0.000556. The van der Waals surface area contributed by atoms with Crippen LogP contribution in [0.25, 0.3) is 0 Å². The van der Waals surface area contributed by atoms with E-state index in [4.69, 9.17) is 0 Å². The molecule has 1 saturated carbocycles. The fourth-order valence-electron chi connectivity index (χ4n) is 1.41. The summed E-state index contributed by atoms with van der Waals surface area (Å²) < 4.78 is 1.56. The van der Waals surface area contributed by atoms with Gasteiger partial charge in [-0.15, -0.1) is 0 Å². The number of aromatic nitrogens is 2. The molecule has 1 aliphatic rings. The summed E-state index contributed by atoms with van der Waals surface area (Å²) in [6.45, 7) is 3.95. The Balaban J connectivity index is 2.41. The molecule has 1 aliphatic carbocycles.